The zero-order valence-corrected chi connectivity index (χ0v) is 16.6. The first-order valence-corrected chi connectivity index (χ1v) is 10.2. The molecule has 0 amide bonds. The van der Waals surface area contributed by atoms with E-state index in [-0.39, 0.29) is 0 Å². The van der Waals surface area contributed by atoms with Crippen molar-refractivity contribution in [1.82, 2.24) is 14.9 Å². The van der Waals surface area contributed by atoms with Gasteiger partial charge in [0.05, 0.1) is 17.3 Å². The van der Waals surface area contributed by atoms with Gasteiger partial charge in [-0.05, 0) is 30.3 Å². The number of piperazine rings is 1. The van der Waals surface area contributed by atoms with Gasteiger partial charge in [0.25, 0.3) is 0 Å². The minimum absolute atomic E-state index is 0.309. The lowest BCUT2D eigenvalue weighted by atomic mass is 10.1. The third-order valence-electron chi connectivity index (χ3n) is 5.64. The first-order chi connectivity index (χ1) is 15.2. The molecule has 2 aromatic heterocycles. The maximum Gasteiger partial charge on any atom is 0.365 e. The number of nitrogens with zero attached hydrogens (tertiary/aromatic N) is 4. The zero-order valence-electron chi connectivity index (χ0n) is 16.6. The third kappa shape index (κ3) is 3.13. The Hall–Kier alpha value is -4.07. The number of imidazole rings is 1. The average Bonchev–Trinajstić information content (AvgIpc) is 3.52. The van der Waals surface area contributed by atoms with Crippen LogP contribution in [0.1, 0.15) is 5.56 Å². The number of fused-ring (bicyclic) bond motifs is 2. The van der Waals surface area contributed by atoms with Gasteiger partial charge in [0, 0.05) is 43.3 Å². The lowest BCUT2D eigenvalue weighted by molar-refractivity contribution is -0.130. The number of anilines is 1. The molecule has 0 atom stereocenters. The number of aromatic amines is 1. The molecular weight excluding hydrogens is 394 g/mol. The van der Waals surface area contributed by atoms with Crippen LogP contribution in [0.5, 0.6) is 0 Å². The number of esters is 1. The van der Waals surface area contributed by atoms with Crippen LogP contribution in [0.2, 0.25) is 0 Å². The minimum atomic E-state index is -0.435. The van der Waals surface area contributed by atoms with Gasteiger partial charge < -0.3 is 23.9 Å². The Labute approximate surface area is 177 Å². The Morgan fingerprint density at radius 2 is 1.87 bits per heavy atom. The fraction of sp³-hybridized carbons (Fsp3) is 0.174. The molecule has 0 saturated carbocycles. The van der Waals surface area contributed by atoms with Crippen LogP contribution < -0.4 is 4.90 Å². The van der Waals surface area contributed by atoms with Crippen molar-refractivity contribution in [2.45, 2.75) is 0 Å². The molecule has 0 unspecified atom stereocenters. The molecule has 8 nitrogen and oxygen atoms in total. The topological polar surface area (TPSA) is 87.0 Å². The van der Waals surface area contributed by atoms with Gasteiger partial charge in [0.15, 0.2) is 5.70 Å². The number of carbonyl (C=O) groups is 1. The van der Waals surface area contributed by atoms with E-state index in [2.05, 4.69) is 24.8 Å². The molecule has 2 aliphatic rings. The Balaban J connectivity index is 1.19. The van der Waals surface area contributed by atoms with Crippen molar-refractivity contribution < 1.29 is 13.9 Å². The highest BCUT2D eigenvalue weighted by Crippen LogP contribution is 2.25. The summed E-state index contributed by atoms with van der Waals surface area (Å²) in [5.41, 5.74) is 3.79. The monoisotopic (exact) mass is 413 g/mol. The number of aromatic nitrogens is 2. The molecule has 8 heteroatoms. The van der Waals surface area contributed by atoms with E-state index in [9.17, 15) is 4.79 Å². The molecule has 2 aromatic carbocycles. The predicted octanol–water partition coefficient (Wildman–Crippen LogP) is 3.28. The molecule has 154 valence electrons. The number of ether oxygens (including phenoxy) is 1. The number of hydrogen-bond donors (Lipinski definition) is 1. The number of rotatable bonds is 3. The number of carbonyl (C=O) groups excluding carboxylic acids is 1. The number of para-hydroxylation sites is 2. The average molecular weight is 413 g/mol. The van der Waals surface area contributed by atoms with Crippen molar-refractivity contribution in [1.29, 1.82) is 0 Å². The lowest BCUT2D eigenvalue weighted by Crippen LogP contribution is -2.44. The molecule has 4 aromatic rings. The van der Waals surface area contributed by atoms with Crippen molar-refractivity contribution in [3.05, 3.63) is 72.3 Å². The summed E-state index contributed by atoms with van der Waals surface area (Å²) in [7, 11) is 0. The summed E-state index contributed by atoms with van der Waals surface area (Å²) < 4.78 is 10.9. The number of H-pyrrole nitrogens is 1. The maximum absolute atomic E-state index is 12.4. The fourth-order valence-electron chi connectivity index (χ4n) is 4.02. The molecule has 1 saturated heterocycles. The van der Waals surface area contributed by atoms with Gasteiger partial charge in [-0.2, -0.15) is 0 Å². The molecule has 0 aliphatic carbocycles. The van der Waals surface area contributed by atoms with E-state index in [0.717, 1.165) is 59.7 Å². The summed E-state index contributed by atoms with van der Waals surface area (Å²) in [6, 6.07) is 15.5. The fourth-order valence-corrected chi connectivity index (χ4v) is 4.02. The molecule has 1 N–H and O–H groups in total. The second kappa shape index (κ2) is 7.02. The number of furan rings is 1. The molecule has 2 aliphatic heterocycles. The third-order valence-corrected chi connectivity index (χ3v) is 5.64. The number of aliphatic imine (C=N–C) groups is 1. The quantitative estimate of drug-likeness (QED) is 0.410. The van der Waals surface area contributed by atoms with Crippen LogP contribution in [-0.2, 0) is 9.53 Å². The standard InChI is InChI=1S/C23H19N5O3/c29-22-19(24-21(31-22)16-4-3-7-20-15(16)8-13-30-20)14-27-9-11-28(12-10-27)23-25-17-5-1-2-6-18(17)26-23/h1-8,13-14H,9-12H2,(H,25,26). The summed E-state index contributed by atoms with van der Waals surface area (Å²) in [6.07, 6.45) is 3.41. The van der Waals surface area contributed by atoms with Gasteiger partial charge in [-0.15, -0.1) is 0 Å². The largest absolute Gasteiger partial charge is 0.464 e. The number of cyclic esters (lactones) is 1. The van der Waals surface area contributed by atoms with E-state index in [1.807, 2.05) is 48.5 Å². The molecule has 0 bridgehead atoms. The van der Waals surface area contributed by atoms with E-state index >= 15 is 0 Å². The van der Waals surface area contributed by atoms with Crippen molar-refractivity contribution in [3.63, 3.8) is 0 Å². The van der Waals surface area contributed by atoms with Gasteiger partial charge in [-0.1, -0.05) is 18.2 Å². The van der Waals surface area contributed by atoms with E-state index in [1.54, 1.807) is 12.5 Å². The highest BCUT2D eigenvalue weighted by Gasteiger charge is 2.27. The van der Waals surface area contributed by atoms with Gasteiger partial charge >= 0.3 is 5.97 Å². The Morgan fingerprint density at radius 1 is 1.00 bits per heavy atom. The maximum atomic E-state index is 12.4. The van der Waals surface area contributed by atoms with Gasteiger partial charge in [0.1, 0.15) is 5.58 Å². The van der Waals surface area contributed by atoms with E-state index < -0.39 is 5.97 Å². The van der Waals surface area contributed by atoms with Gasteiger partial charge in [-0.3, -0.25) is 0 Å². The normalized spacial score (nSPS) is 18.3. The highest BCUT2D eigenvalue weighted by atomic mass is 16.6. The summed E-state index contributed by atoms with van der Waals surface area (Å²) in [5, 5.41) is 0.870. The summed E-state index contributed by atoms with van der Waals surface area (Å²) in [6.45, 7) is 3.11. The van der Waals surface area contributed by atoms with Gasteiger partial charge in [-0.25, -0.2) is 14.8 Å². The molecule has 0 spiro atoms. The predicted molar refractivity (Wildman–Crippen MR) is 117 cm³/mol. The first kappa shape index (κ1) is 17.8. The molecule has 4 heterocycles. The van der Waals surface area contributed by atoms with Crippen LogP contribution in [0.25, 0.3) is 22.0 Å². The van der Waals surface area contributed by atoms with Crippen LogP contribution in [0.3, 0.4) is 0 Å². The van der Waals surface area contributed by atoms with Crippen LogP contribution in [0.4, 0.5) is 5.95 Å². The zero-order chi connectivity index (χ0) is 20.8. The van der Waals surface area contributed by atoms with Crippen molar-refractivity contribution in [2.24, 2.45) is 4.99 Å². The molecule has 0 radical (unpaired) electrons. The van der Waals surface area contributed by atoms with Crippen molar-refractivity contribution in [2.75, 3.05) is 31.1 Å². The molecule has 6 rings (SSSR count). The number of nitrogens with one attached hydrogen (secondary N) is 1. The van der Waals surface area contributed by atoms with Crippen LogP contribution >= 0.6 is 0 Å². The van der Waals surface area contributed by atoms with Crippen LogP contribution in [-0.4, -0.2) is 52.9 Å². The van der Waals surface area contributed by atoms with Crippen molar-refractivity contribution in [3.8, 4) is 0 Å². The minimum Gasteiger partial charge on any atom is -0.464 e. The number of benzene rings is 2. The SMILES string of the molecule is O=C1OC(c2cccc3occc23)=NC1=CN1CCN(c2nc3ccccc3[nH]2)CC1. The second-order valence-corrected chi connectivity index (χ2v) is 7.56. The molecular formula is C23H19N5O3. The Bertz CT molecular complexity index is 1320. The van der Waals surface area contributed by atoms with E-state index in [4.69, 9.17) is 9.15 Å². The van der Waals surface area contributed by atoms with Crippen molar-refractivity contribution >= 4 is 39.8 Å². The lowest BCUT2D eigenvalue weighted by Gasteiger charge is -2.33. The summed E-state index contributed by atoms with van der Waals surface area (Å²) >= 11 is 0. The van der Waals surface area contributed by atoms with E-state index in [0.29, 0.717) is 11.6 Å². The van der Waals surface area contributed by atoms with Crippen LogP contribution in [0, 0.1) is 0 Å². The number of hydrogen-bond acceptors (Lipinski definition) is 7. The van der Waals surface area contributed by atoms with E-state index in [1.165, 1.54) is 0 Å². The Kier molecular flexibility index (Phi) is 4.02. The highest BCUT2D eigenvalue weighted by molar-refractivity contribution is 6.15. The smallest absolute Gasteiger partial charge is 0.365 e. The van der Waals surface area contributed by atoms with Gasteiger partial charge in [0.2, 0.25) is 11.8 Å². The second-order valence-electron chi connectivity index (χ2n) is 7.56. The molecule has 1 fully saturated rings. The first-order valence-electron chi connectivity index (χ1n) is 10.2. The summed E-state index contributed by atoms with van der Waals surface area (Å²) in [5.74, 6) is 0.752. The molecule has 31 heavy (non-hydrogen) atoms. The summed E-state index contributed by atoms with van der Waals surface area (Å²) in [4.78, 5) is 29.2. The Morgan fingerprint density at radius 3 is 2.74 bits per heavy atom. The van der Waals surface area contributed by atoms with Crippen LogP contribution in [0.15, 0.2) is 76.1 Å².